The summed E-state index contributed by atoms with van der Waals surface area (Å²) in [6.45, 7) is 0.783. The van der Waals surface area contributed by atoms with E-state index in [0.717, 1.165) is 0 Å². The van der Waals surface area contributed by atoms with E-state index in [1.54, 1.807) is 31.4 Å². The van der Waals surface area contributed by atoms with Gasteiger partial charge in [0.25, 0.3) is 11.5 Å². The Bertz CT molecular complexity index is 664. The number of rotatable bonds is 4. The molecule has 100 valence electrons. The van der Waals surface area contributed by atoms with E-state index in [2.05, 4.69) is 10.3 Å². The van der Waals surface area contributed by atoms with Crippen LogP contribution in [0.4, 0.5) is 0 Å². The molecule has 0 fully saturated rings. The van der Waals surface area contributed by atoms with Gasteiger partial charge in [0.1, 0.15) is 0 Å². The van der Waals surface area contributed by atoms with E-state index in [9.17, 15) is 9.59 Å². The zero-order valence-electron chi connectivity index (χ0n) is 10.8. The molecule has 0 radical (unpaired) electrons. The Labute approximate surface area is 110 Å². The number of para-hydroxylation sites is 1. The summed E-state index contributed by atoms with van der Waals surface area (Å²) < 4.78 is 6.10. The van der Waals surface area contributed by atoms with Crippen molar-refractivity contribution in [1.82, 2.24) is 14.9 Å². The molecular weight excluding hydrogens is 246 g/mol. The molecule has 1 N–H and O–H groups in total. The van der Waals surface area contributed by atoms with Gasteiger partial charge in [-0.05, 0) is 12.1 Å². The Hall–Kier alpha value is -2.21. The number of hydrogen-bond acceptors (Lipinski definition) is 4. The van der Waals surface area contributed by atoms with Crippen molar-refractivity contribution in [2.24, 2.45) is 7.05 Å². The Morgan fingerprint density at radius 3 is 2.89 bits per heavy atom. The molecule has 0 atom stereocenters. The second-order valence-electron chi connectivity index (χ2n) is 4.07. The predicted molar refractivity (Wildman–Crippen MR) is 71.2 cm³/mol. The summed E-state index contributed by atoms with van der Waals surface area (Å²) >= 11 is 0. The van der Waals surface area contributed by atoms with Crippen LogP contribution in [0, 0.1) is 0 Å². The van der Waals surface area contributed by atoms with Crippen LogP contribution in [-0.4, -0.2) is 35.7 Å². The summed E-state index contributed by atoms with van der Waals surface area (Å²) in [4.78, 5) is 28.3. The topological polar surface area (TPSA) is 73.2 Å². The quantitative estimate of drug-likeness (QED) is 0.804. The van der Waals surface area contributed by atoms with Crippen LogP contribution in [-0.2, 0) is 11.8 Å². The molecule has 6 nitrogen and oxygen atoms in total. The number of amides is 1. The summed E-state index contributed by atoms with van der Waals surface area (Å²) in [5.74, 6) is -0.290. The van der Waals surface area contributed by atoms with E-state index in [1.807, 2.05) is 0 Å². The molecule has 0 saturated carbocycles. The lowest BCUT2D eigenvalue weighted by atomic mass is 10.2. The highest BCUT2D eigenvalue weighted by Gasteiger charge is 2.14. The van der Waals surface area contributed by atoms with Crippen molar-refractivity contribution < 1.29 is 9.53 Å². The van der Waals surface area contributed by atoms with Gasteiger partial charge in [-0.15, -0.1) is 0 Å². The van der Waals surface area contributed by atoms with Gasteiger partial charge in [0, 0.05) is 20.7 Å². The third-order valence-corrected chi connectivity index (χ3v) is 2.78. The maximum absolute atomic E-state index is 12.1. The highest BCUT2D eigenvalue weighted by atomic mass is 16.5. The van der Waals surface area contributed by atoms with Crippen molar-refractivity contribution in [2.75, 3.05) is 20.3 Å². The molecule has 1 aromatic carbocycles. The van der Waals surface area contributed by atoms with Crippen molar-refractivity contribution in [3.8, 4) is 0 Å². The molecule has 0 aliphatic carbocycles. The SMILES string of the molecule is COCCNC(=O)c1nc2ccccc2c(=O)n1C. The standard InChI is InChI=1S/C13H15N3O3/c1-16-11(12(17)14-7-8-19-2)15-10-6-4-3-5-9(10)13(16)18/h3-6H,7-8H2,1-2H3,(H,14,17). The number of hydrogen-bond donors (Lipinski definition) is 1. The number of fused-ring (bicyclic) bond motifs is 1. The molecule has 0 aliphatic rings. The summed E-state index contributed by atoms with van der Waals surface area (Å²) in [5.41, 5.74) is 0.282. The number of nitrogens with zero attached hydrogens (tertiary/aromatic N) is 2. The van der Waals surface area contributed by atoms with Crippen LogP contribution in [0.2, 0.25) is 0 Å². The molecule has 0 bridgehead atoms. The molecule has 2 rings (SSSR count). The average Bonchev–Trinajstić information content (AvgIpc) is 2.43. The fourth-order valence-electron chi connectivity index (χ4n) is 1.77. The fourth-order valence-corrected chi connectivity index (χ4v) is 1.77. The van der Waals surface area contributed by atoms with Gasteiger partial charge in [0.15, 0.2) is 0 Å². The molecule has 1 amide bonds. The molecule has 0 spiro atoms. The number of carbonyl (C=O) groups is 1. The van der Waals surface area contributed by atoms with E-state index < -0.39 is 0 Å². The smallest absolute Gasteiger partial charge is 0.287 e. The number of methoxy groups -OCH3 is 1. The number of nitrogens with one attached hydrogen (secondary N) is 1. The number of aromatic nitrogens is 2. The molecule has 19 heavy (non-hydrogen) atoms. The van der Waals surface area contributed by atoms with Crippen LogP contribution in [0.3, 0.4) is 0 Å². The molecular formula is C13H15N3O3. The van der Waals surface area contributed by atoms with Gasteiger partial charge in [-0.1, -0.05) is 12.1 Å². The van der Waals surface area contributed by atoms with Crippen molar-refractivity contribution in [1.29, 1.82) is 0 Å². The second kappa shape index (κ2) is 5.62. The van der Waals surface area contributed by atoms with Crippen LogP contribution in [0.5, 0.6) is 0 Å². The largest absolute Gasteiger partial charge is 0.383 e. The lowest BCUT2D eigenvalue weighted by Gasteiger charge is -2.09. The zero-order chi connectivity index (χ0) is 13.8. The highest BCUT2D eigenvalue weighted by molar-refractivity contribution is 5.92. The minimum atomic E-state index is -0.387. The van der Waals surface area contributed by atoms with Crippen molar-refractivity contribution in [2.45, 2.75) is 0 Å². The van der Waals surface area contributed by atoms with Gasteiger partial charge in [0.2, 0.25) is 5.82 Å². The molecule has 1 aromatic heterocycles. The molecule has 6 heteroatoms. The zero-order valence-corrected chi connectivity index (χ0v) is 10.8. The molecule has 0 saturated heterocycles. The summed E-state index contributed by atoms with van der Waals surface area (Å²) in [5, 5.41) is 3.15. The van der Waals surface area contributed by atoms with E-state index in [1.165, 1.54) is 11.6 Å². The molecule has 1 heterocycles. The number of benzene rings is 1. The average molecular weight is 261 g/mol. The Balaban J connectivity index is 2.41. The normalized spacial score (nSPS) is 10.6. The number of ether oxygens (including phenoxy) is 1. The Morgan fingerprint density at radius 1 is 1.42 bits per heavy atom. The third-order valence-electron chi connectivity index (χ3n) is 2.78. The summed E-state index contributed by atoms with van der Waals surface area (Å²) in [6, 6.07) is 6.95. The summed E-state index contributed by atoms with van der Waals surface area (Å²) in [7, 11) is 3.09. The van der Waals surface area contributed by atoms with Gasteiger partial charge in [-0.2, -0.15) is 0 Å². The monoisotopic (exact) mass is 261 g/mol. The first-order valence-electron chi connectivity index (χ1n) is 5.88. The van der Waals surface area contributed by atoms with Crippen molar-refractivity contribution >= 4 is 16.8 Å². The maximum Gasteiger partial charge on any atom is 0.287 e. The Kier molecular flexibility index (Phi) is 3.91. The van der Waals surface area contributed by atoms with E-state index in [4.69, 9.17) is 4.74 Å². The minimum Gasteiger partial charge on any atom is -0.383 e. The van der Waals surface area contributed by atoms with Gasteiger partial charge >= 0.3 is 0 Å². The molecule has 0 aliphatic heterocycles. The minimum absolute atomic E-state index is 0.0970. The van der Waals surface area contributed by atoms with Crippen LogP contribution in [0.1, 0.15) is 10.6 Å². The lowest BCUT2D eigenvalue weighted by Crippen LogP contribution is -2.34. The van der Waals surface area contributed by atoms with E-state index in [-0.39, 0.29) is 17.3 Å². The van der Waals surface area contributed by atoms with E-state index in [0.29, 0.717) is 24.1 Å². The van der Waals surface area contributed by atoms with Gasteiger partial charge < -0.3 is 10.1 Å². The molecule has 2 aromatic rings. The van der Waals surface area contributed by atoms with Gasteiger partial charge in [-0.3, -0.25) is 14.2 Å². The van der Waals surface area contributed by atoms with Crippen LogP contribution >= 0.6 is 0 Å². The Morgan fingerprint density at radius 2 is 2.16 bits per heavy atom. The van der Waals surface area contributed by atoms with Crippen molar-refractivity contribution in [3.05, 3.63) is 40.4 Å². The second-order valence-corrected chi connectivity index (χ2v) is 4.07. The van der Waals surface area contributed by atoms with Crippen molar-refractivity contribution in [3.63, 3.8) is 0 Å². The van der Waals surface area contributed by atoms with Gasteiger partial charge in [-0.25, -0.2) is 4.98 Å². The fraction of sp³-hybridized carbons (Fsp3) is 0.308. The van der Waals surface area contributed by atoms with Crippen LogP contribution in [0.25, 0.3) is 10.9 Å². The first kappa shape index (κ1) is 13.2. The highest BCUT2D eigenvalue weighted by Crippen LogP contribution is 2.06. The first-order chi connectivity index (χ1) is 9.15. The maximum atomic E-state index is 12.1. The van der Waals surface area contributed by atoms with Gasteiger partial charge in [0.05, 0.1) is 17.5 Å². The predicted octanol–water partition coefficient (Wildman–Crippen LogP) is 0.310. The number of carbonyl (C=O) groups excluding carboxylic acids is 1. The van der Waals surface area contributed by atoms with Crippen LogP contribution < -0.4 is 10.9 Å². The summed E-state index contributed by atoms with van der Waals surface area (Å²) in [6.07, 6.45) is 0. The molecule has 0 unspecified atom stereocenters. The third kappa shape index (κ3) is 2.63. The lowest BCUT2D eigenvalue weighted by molar-refractivity contribution is 0.0922. The van der Waals surface area contributed by atoms with Crippen LogP contribution in [0.15, 0.2) is 29.1 Å². The first-order valence-corrected chi connectivity index (χ1v) is 5.88. The van der Waals surface area contributed by atoms with E-state index >= 15 is 0 Å².